The van der Waals surface area contributed by atoms with Gasteiger partial charge in [-0.1, -0.05) is 37.1 Å². The van der Waals surface area contributed by atoms with Crippen molar-refractivity contribution in [3.05, 3.63) is 34.9 Å². The van der Waals surface area contributed by atoms with Gasteiger partial charge in [-0.25, -0.2) is 0 Å². The summed E-state index contributed by atoms with van der Waals surface area (Å²) in [5, 5.41) is 5.61. The summed E-state index contributed by atoms with van der Waals surface area (Å²) < 4.78 is 0. The third kappa shape index (κ3) is 3.35. The lowest BCUT2D eigenvalue weighted by molar-refractivity contribution is 0.266. The van der Waals surface area contributed by atoms with Crippen LogP contribution in [0.15, 0.2) is 24.3 Å². The van der Waals surface area contributed by atoms with Gasteiger partial charge in [0.15, 0.2) is 0 Å². The lowest BCUT2D eigenvalue weighted by atomic mass is 9.75. The maximum absolute atomic E-state index is 5.95. The monoisotopic (exact) mass is 309 g/mol. The van der Waals surface area contributed by atoms with Gasteiger partial charge >= 0.3 is 0 Å². The first-order chi connectivity index (χ1) is 9.76. The van der Waals surface area contributed by atoms with E-state index in [2.05, 4.69) is 36.1 Å². The van der Waals surface area contributed by atoms with Crippen LogP contribution in [0, 0.1) is 0 Å². The molecule has 0 bridgehead atoms. The topological polar surface area (TPSA) is 12.0 Å². The first kappa shape index (κ1) is 14.7. The van der Waals surface area contributed by atoms with Gasteiger partial charge in [0.2, 0.25) is 0 Å². The fourth-order valence-electron chi connectivity index (χ4n) is 3.59. The van der Waals surface area contributed by atoms with E-state index >= 15 is 0 Å². The number of rotatable bonds is 5. The van der Waals surface area contributed by atoms with E-state index in [1.54, 1.807) is 0 Å². The van der Waals surface area contributed by atoms with Crippen LogP contribution in [0.5, 0.6) is 0 Å². The summed E-state index contributed by atoms with van der Waals surface area (Å²) >= 11 is 8.10. The van der Waals surface area contributed by atoms with E-state index in [1.165, 1.54) is 43.4 Å². The quantitative estimate of drug-likeness (QED) is 0.834. The summed E-state index contributed by atoms with van der Waals surface area (Å²) in [5.74, 6) is 1.99. The second-order valence-corrected chi connectivity index (χ2v) is 8.07. The predicted molar refractivity (Wildman–Crippen MR) is 89.9 cm³/mol. The van der Waals surface area contributed by atoms with Crippen LogP contribution in [0.3, 0.4) is 0 Å². The van der Waals surface area contributed by atoms with Crippen molar-refractivity contribution in [1.82, 2.24) is 5.32 Å². The molecular weight excluding hydrogens is 286 g/mol. The molecule has 0 amide bonds. The summed E-state index contributed by atoms with van der Waals surface area (Å²) in [6.07, 6.45) is 6.77. The summed E-state index contributed by atoms with van der Waals surface area (Å²) in [6.45, 7) is 2.28. The largest absolute Gasteiger partial charge is 0.310 e. The summed E-state index contributed by atoms with van der Waals surface area (Å²) in [6, 6.07) is 9.91. The molecule has 3 heteroatoms. The van der Waals surface area contributed by atoms with Crippen molar-refractivity contribution in [2.75, 3.05) is 5.75 Å². The Morgan fingerprint density at radius 1 is 1.20 bits per heavy atom. The van der Waals surface area contributed by atoms with Gasteiger partial charge in [-0.15, -0.1) is 0 Å². The summed E-state index contributed by atoms with van der Waals surface area (Å²) in [5.41, 5.74) is 1.46. The molecule has 2 aliphatic rings. The van der Waals surface area contributed by atoms with Gasteiger partial charge in [0.1, 0.15) is 0 Å². The van der Waals surface area contributed by atoms with Crippen molar-refractivity contribution in [2.45, 2.75) is 62.3 Å². The van der Waals surface area contributed by atoms with Crippen molar-refractivity contribution in [3.8, 4) is 0 Å². The predicted octanol–water partition coefficient (Wildman–Crippen LogP) is 4.85. The molecule has 2 unspecified atom stereocenters. The minimum absolute atomic E-state index is 0.735. The Labute approximate surface area is 131 Å². The van der Waals surface area contributed by atoms with Gasteiger partial charge in [-0.3, -0.25) is 0 Å². The Kier molecular flexibility index (Phi) is 4.95. The first-order valence-electron chi connectivity index (χ1n) is 7.89. The summed E-state index contributed by atoms with van der Waals surface area (Å²) in [7, 11) is 0. The molecule has 0 heterocycles. The Hall–Kier alpha value is -0.180. The maximum atomic E-state index is 5.95. The van der Waals surface area contributed by atoms with Crippen LogP contribution in [0.25, 0.3) is 0 Å². The Morgan fingerprint density at radius 3 is 2.65 bits per heavy atom. The van der Waals surface area contributed by atoms with Crippen molar-refractivity contribution in [2.24, 2.45) is 0 Å². The molecule has 0 spiro atoms. The standard InChI is InChI=1S/C17H24ClNS/c1-2-20-17-5-3-4-16(17)19-15-10-13(11-15)12-6-8-14(18)9-7-12/h6-9,13,15-17,19H,2-5,10-11H2,1H3. The van der Waals surface area contributed by atoms with Gasteiger partial charge in [0.05, 0.1) is 0 Å². The van der Waals surface area contributed by atoms with Crippen LogP contribution >= 0.6 is 23.4 Å². The zero-order valence-electron chi connectivity index (χ0n) is 12.1. The molecule has 110 valence electrons. The minimum Gasteiger partial charge on any atom is -0.310 e. The van der Waals surface area contributed by atoms with Crippen molar-refractivity contribution in [1.29, 1.82) is 0 Å². The maximum Gasteiger partial charge on any atom is 0.0406 e. The second-order valence-electron chi connectivity index (χ2n) is 6.11. The molecule has 2 aliphatic carbocycles. The number of benzene rings is 1. The van der Waals surface area contributed by atoms with E-state index in [0.717, 1.165) is 28.3 Å². The average molecular weight is 310 g/mol. The van der Waals surface area contributed by atoms with Gasteiger partial charge in [-0.2, -0.15) is 11.8 Å². The zero-order chi connectivity index (χ0) is 13.9. The number of hydrogen-bond donors (Lipinski definition) is 1. The molecule has 3 rings (SSSR count). The van der Waals surface area contributed by atoms with Crippen LogP contribution in [0.4, 0.5) is 0 Å². The van der Waals surface area contributed by atoms with Crippen LogP contribution in [-0.2, 0) is 0 Å². The molecule has 2 atom stereocenters. The second kappa shape index (κ2) is 6.72. The SMILES string of the molecule is CCSC1CCCC1NC1CC(c2ccc(Cl)cc2)C1. The van der Waals surface area contributed by atoms with E-state index in [0.29, 0.717) is 0 Å². The van der Waals surface area contributed by atoms with E-state index in [9.17, 15) is 0 Å². The number of halogens is 1. The molecule has 1 aromatic carbocycles. The summed E-state index contributed by atoms with van der Waals surface area (Å²) in [4.78, 5) is 0. The Balaban J connectivity index is 1.47. The van der Waals surface area contributed by atoms with Crippen LogP contribution in [0.1, 0.15) is 50.5 Å². The van der Waals surface area contributed by atoms with E-state index in [4.69, 9.17) is 11.6 Å². The van der Waals surface area contributed by atoms with Gasteiger partial charge in [0.25, 0.3) is 0 Å². The highest BCUT2D eigenvalue weighted by molar-refractivity contribution is 7.99. The fraction of sp³-hybridized carbons (Fsp3) is 0.647. The first-order valence-corrected chi connectivity index (χ1v) is 9.32. The number of hydrogen-bond acceptors (Lipinski definition) is 2. The van der Waals surface area contributed by atoms with E-state index in [-0.39, 0.29) is 0 Å². The smallest absolute Gasteiger partial charge is 0.0406 e. The van der Waals surface area contributed by atoms with Gasteiger partial charge < -0.3 is 5.32 Å². The highest BCUT2D eigenvalue weighted by atomic mass is 35.5. The number of nitrogens with one attached hydrogen (secondary N) is 1. The molecule has 0 radical (unpaired) electrons. The molecule has 0 aliphatic heterocycles. The van der Waals surface area contributed by atoms with E-state index in [1.807, 2.05) is 12.1 Å². The zero-order valence-corrected chi connectivity index (χ0v) is 13.7. The molecule has 2 saturated carbocycles. The van der Waals surface area contributed by atoms with Gasteiger partial charge in [0, 0.05) is 22.4 Å². The molecule has 20 heavy (non-hydrogen) atoms. The van der Waals surface area contributed by atoms with Crippen LogP contribution in [0.2, 0.25) is 5.02 Å². The van der Waals surface area contributed by atoms with Crippen molar-refractivity contribution < 1.29 is 0 Å². The van der Waals surface area contributed by atoms with Gasteiger partial charge in [-0.05, 0) is 55.1 Å². The molecule has 1 aromatic rings. The normalized spacial score (nSPS) is 33.1. The highest BCUT2D eigenvalue weighted by Gasteiger charge is 2.35. The number of thioether (sulfide) groups is 1. The highest BCUT2D eigenvalue weighted by Crippen LogP contribution is 2.39. The lowest BCUT2D eigenvalue weighted by Crippen LogP contribution is -2.47. The third-order valence-electron chi connectivity index (χ3n) is 4.76. The molecule has 1 nitrogen and oxygen atoms in total. The molecular formula is C17H24ClNS. The lowest BCUT2D eigenvalue weighted by Gasteiger charge is -2.39. The average Bonchev–Trinajstić information content (AvgIpc) is 2.83. The van der Waals surface area contributed by atoms with Crippen LogP contribution < -0.4 is 5.32 Å². The fourth-order valence-corrected chi connectivity index (χ4v) is 4.93. The molecule has 0 saturated heterocycles. The Morgan fingerprint density at radius 2 is 1.95 bits per heavy atom. The van der Waals surface area contributed by atoms with Crippen molar-refractivity contribution in [3.63, 3.8) is 0 Å². The van der Waals surface area contributed by atoms with Crippen LogP contribution in [-0.4, -0.2) is 23.1 Å². The molecule has 0 aromatic heterocycles. The molecule has 2 fully saturated rings. The minimum atomic E-state index is 0.735. The Bertz CT molecular complexity index is 427. The van der Waals surface area contributed by atoms with Crippen molar-refractivity contribution >= 4 is 23.4 Å². The third-order valence-corrected chi connectivity index (χ3v) is 6.34. The molecule has 1 N–H and O–H groups in total. The van der Waals surface area contributed by atoms with E-state index < -0.39 is 0 Å².